The summed E-state index contributed by atoms with van der Waals surface area (Å²) in [6, 6.07) is 6.58. The van der Waals surface area contributed by atoms with Crippen LogP contribution in [0.15, 0.2) is 29.2 Å². The van der Waals surface area contributed by atoms with Gasteiger partial charge in [0.25, 0.3) is 0 Å². The molecule has 17 heavy (non-hydrogen) atoms. The largest absolute Gasteiger partial charge is 0.394 e. The Labute approximate surface area is 109 Å². The topological polar surface area (TPSA) is 69.6 Å². The van der Waals surface area contributed by atoms with E-state index in [4.69, 9.17) is 21.8 Å². The molecule has 0 aliphatic heterocycles. The normalized spacial score (nSPS) is 10.6. The molecule has 0 heterocycles. The van der Waals surface area contributed by atoms with Gasteiger partial charge in [-0.05, 0) is 24.3 Å². The number of hydrogen-bond donors (Lipinski definition) is 3. The van der Waals surface area contributed by atoms with Gasteiger partial charge in [0.05, 0.1) is 25.0 Å². The predicted octanol–water partition coefficient (Wildman–Crippen LogP) is 0.901. The van der Waals surface area contributed by atoms with Crippen molar-refractivity contribution in [1.82, 2.24) is 5.32 Å². The molecule has 0 fully saturated rings. The SMILES string of the molecule is O=C(CSc1ccc(Cl)cc1)NC(CO)CO. The van der Waals surface area contributed by atoms with E-state index >= 15 is 0 Å². The molecule has 1 aromatic carbocycles. The fourth-order valence-corrected chi connectivity index (χ4v) is 1.93. The number of carbonyl (C=O) groups excluding carboxylic acids is 1. The third-order valence-electron chi connectivity index (χ3n) is 1.99. The lowest BCUT2D eigenvalue weighted by molar-refractivity contribution is -0.119. The zero-order valence-electron chi connectivity index (χ0n) is 9.10. The molecule has 0 bridgehead atoms. The summed E-state index contributed by atoms with van der Waals surface area (Å²) < 4.78 is 0. The van der Waals surface area contributed by atoms with Crippen LogP contribution in [0.5, 0.6) is 0 Å². The number of halogens is 1. The lowest BCUT2D eigenvalue weighted by Crippen LogP contribution is -2.40. The number of amides is 1. The van der Waals surface area contributed by atoms with E-state index in [0.29, 0.717) is 5.02 Å². The number of aliphatic hydroxyl groups excluding tert-OH is 2. The molecule has 94 valence electrons. The van der Waals surface area contributed by atoms with E-state index in [0.717, 1.165) is 4.90 Å². The second-order valence-electron chi connectivity index (χ2n) is 3.37. The molecule has 6 heteroatoms. The van der Waals surface area contributed by atoms with Gasteiger partial charge in [-0.2, -0.15) is 0 Å². The monoisotopic (exact) mass is 275 g/mol. The second-order valence-corrected chi connectivity index (χ2v) is 4.86. The molecule has 0 radical (unpaired) electrons. The van der Waals surface area contributed by atoms with Crippen molar-refractivity contribution < 1.29 is 15.0 Å². The van der Waals surface area contributed by atoms with Crippen LogP contribution in [-0.2, 0) is 4.79 Å². The molecule has 0 aliphatic carbocycles. The Kier molecular flexibility index (Phi) is 6.36. The first kappa shape index (κ1) is 14.3. The maximum absolute atomic E-state index is 11.4. The van der Waals surface area contributed by atoms with Crippen molar-refractivity contribution in [1.29, 1.82) is 0 Å². The number of thioether (sulfide) groups is 1. The number of benzene rings is 1. The van der Waals surface area contributed by atoms with Crippen molar-refractivity contribution in [2.45, 2.75) is 10.9 Å². The Bertz CT molecular complexity index is 354. The van der Waals surface area contributed by atoms with E-state index in [2.05, 4.69) is 5.32 Å². The second kappa shape index (κ2) is 7.55. The van der Waals surface area contributed by atoms with Gasteiger partial charge in [0.1, 0.15) is 0 Å². The van der Waals surface area contributed by atoms with E-state index in [1.54, 1.807) is 12.1 Å². The van der Waals surface area contributed by atoms with E-state index in [1.165, 1.54) is 11.8 Å². The van der Waals surface area contributed by atoms with Gasteiger partial charge in [-0.3, -0.25) is 4.79 Å². The highest BCUT2D eigenvalue weighted by atomic mass is 35.5. The molecule has 0 saturated carbocycles. The highest BCUT2D eigenvalue weighted by Gasteiger charge is 2.09. The quantitative estimate of drug-likeness (QED) is 0.675. The molecule has 1 rings (SSSR count). The standard InChI is InChI=1S/C11H14ClNO3S/c12-8-1-3-10(4-2-8)17-7-11(16)13-9(5-14)6-15/h1-4,9,14-15H,5-7H2,(H,13,16). The van der Waals surface area contributed by atoms with Crippen molar-refractivity contribution >= 4 is 29.3 Å². The third kappa shape index (κ3) is 5.41. The van der Waals surface area contributed by atoms with Crippen LogP contribution in [0.1, 0.15) is 0 Å². The summed E-state index contributed by atoms with van der Waals surface area (Å²) in [6.07, 6.45) is 0. The van der Waals surface area contributed by atoms with Crippen LogP contribution in [0.4, 0.5) is 0 Å². The Morgan fingerprint density at radius 1 is 1.29 bits per heavy atom. The third-order valence-corrected chi connectivity index (χ3v) is 3.25. The number of aliphatic hydroxyl groups is 2. The highest BCUT2D eigenvalue weighted by molar-refractivity contribution is 8.00. The van der Waals surface area contributed by atoms with Crippen LogP contribution in [0.2, 0.25) is 5.02 Å². The molecule has 1 amide bonds. The van der Waals surface area contributed by atoms with Crippen molar-refractivity contribution in [3.8, 4) is 0 Å². The van der Waals surface area contributed by atoms with Crippen LogP contribution >= 0.6 is 23.4 Å². The van der Waals surface area contributed by atoms with E-state index in [1.807, 2.05) is 12.1 Å². The maximum atomic E-state index is 11.4. The summed E-state index contributed by atoms with van der Waals surface area (Å²) in [4.78, 5) is 12.4. The van der Waals surface area contributed by atoms with Gasteiger partial charge in [-0.1, -0.05) is 11.6 Å². The van der Waals surface area contributed by atoms with Gasteiger partial charge in [0.15, 0.2) is 0 Å². The van der Waals surface area contributed by atoms with Crippen LogP contribution in [0.25, 0.3) is 0 Å². The van der Waals surface area contributed by atoms with Crippen LogP contribution in [-0.4, -0.2) is 41.1 Å². The molecule has 4 nitrogen and oxygen atoms in total. The maximum Gasteiger partial charge on any atom is 0.230 e. The van der Waals surface area contributed by atoms with Crippen LogP contribution < -0.4 is 5.32 Å². The lowest BCUT2D eigenvalue weighted by Gasteiger charge is -2.12. The van der Waals surface area contributed by atoms with Gasteiger partial charge < -0.3 is 15.5 Å². The number of hydrogen-bond acceptors (Lipinski definition) is 4. The van der Waals surface area contributed by atoms with Gasteiger partial charge in [-0.25, -0.2) is 0 Å². The first-order valence-electron chi connectivity index (χ1n) is 5.05. The summed E-state index contributed by atoms with van der Waals surface area (Å²) in [5.74, 6) is 0.0102. The van der Waals surface area contributed by atoms with Gasteiger partial charge >= 0.3 is 0 Å². The van der Waals surface area contributed by atoms with Crippen molar-refractivity contribution in [2.75, 3.05) is 19.0 Å². The molecule has 0 aliphatic rings. The van der Waals surface area contributed by atoms with Crippen molar-refractivity contribution in [3.63, 3.8) is 0 Å². The minimum atomic E-state index is -0.590. The molecule has 0 spiro atoms. The zero-order valence-corrected chi connectivity index (χ0v) is 10.7. The minimum absolute atomic E-state index is 0.224. The van der Waals surface area contributed by atoms with Gasteiger partial charge in [0, 0.05) is 9.92 Å². The first-order chi connectivity index (χ1) is 8.15. The summed E-state index contributed by atoms with van der Waals surface area (Å²) in [6.45, 7) is -0.540. The number of rotatable bonds is 6. The van der Waals surface area contributed by atoms with E-state index < -0.39 is 6.04 Å². The Balaban J connectivity index is 2.35. The molecule has 3 N–H and O–H groups in total. The fourth-order valence-electron chi connectivity index (χ4n) is 1.10. The van der Waals surface area contributed by atoms with Gasteiger partial charge in [-0.15, -0.1) is 11.8 Å². The summed E-state index contributed by atoms with van der Waals surface area (Å²) >= 11 is 7.10. The highest BCUT2D eigenvalue weighted by Crippen LogP contribution is 2.19. The minimum Gasteiger partial charge on any atom is -0.394 e. The summed E-state index contributed by atoms with van der Waals surface area (Å²) in [5, 5.41) is 20.8. The Morgan fingerprint density at radius 2 is 1.88 bits per heavy atom. The smallest absolute Gasteiger partial charge is 0.230 e. The molecule has 1 aromatic rings. The number of carbonyl (C=O) groups is 1. The molecule has 0 aromatic heterocycles. The van der Waals surface area contributed by atoms with E-state index in [-0.39, 0.29) is 24.9 Å². The number of nitrogens with one attached hydrogen (secondary N) is 1. The lowest BCUT2D eigenvalue weighted by atomic mass is 10.3. The van der Waals surface area contributed by atoms with Crippen LogP contribution in [0, 0.1) is 0 Å². The molecule has 0 unspecified atom stereocenters. The summed E-state index contributed by atoms with van der Waals surface area (Å²) in [5.41, 5.74) is 0. The molecular weight excluding hydrogens is 262 g/mol. The average molecular weight is 276 g/mol. The molecular formula is C11H14ClNO3S. The fraction of sp³-hybridized carbons (Fsp3) is 0.364. The molecule has 0 atom stereocenters. The zero-order chi connectivity index (χ0) is 12.7. The summed E-state index contributed by atoms with van der Waals surface area (Å²) in [7, 11) is 0. The van der Waals surface area contributed by atoms with Crippen molar-refractivity contribution in [2.24, 2.45) is 0 Å². The van der Waals surface area contributed by atoms with Gasteiger partial charge in [0.2, 0.25) is 5.91 Å². The van der Waals surface area contributed by atoms with Crippen molar-refractivity contribution in [3.05, 3.63) is 29.3 Å². The average Bonchev–Trinajstić information content (AvgIpc) is 2.35. The molecule has 0 saturated heterocycles. The van der Waals surface area contributed by atoms with E-state index in [9.17, 15) is 4.79 Å². The Hall–Kier alpha value is -0.750. The first-order valence-corrected chi connectivity index (χ1v) is 6.41. The van der Waals surface area contributed by atoms with Crippen LogP contribution in [0.3, 0.4) is 0 Å². The predicted molar refractivity (Wildman–Crippen MR) is 68.3 cm³/mol. The Morgan fingerprint density at radius 3 is 2.41 bits per heavy atom.